The second-order valence-electron chi connectivity index (χ2n) is 11.7. The lowest BCUT2D eigenvalue weighted by Gasteiger charge is -2.35. The van der Waals surface area contributed by atoms with Gasteiger partial charge in [0.15, 0.2) is 0 Å². The lowest BCUT2D eigenvalue weighted by molar-refractivity contribution is -0.161. The van der Waals surface area contributed by atoms with E-state index < -0.39 is 59.5 Å². The number of nitrogens with one attached hydrogen (secondary N) is 1. The van der Waals surface area contributed by atoms with E-state index in [1.165, 1.54) is 4.90 Å². The number of benzene rings is 2. The van der Waals surface area contributed by atoms with Crippen LogP contribution in [0.4, 0.5) is 5.69 Å². The van der Waals surface area contributed by atoms with Crippen LogP contribution in [0.5, 0.6) is 5.75 Å². The number of fused-ring (bicyclic) bond motifs is 2. The molecule has 7 atom stereocenters. The fourth-order valence-corrected chi connectivity index (χ4v) is 7.05. The van der Waals surface area contributed by atoms with Crippen molar-refractivity contribution in [1.29, 1.82) is 0 Å². The van der Waals surface area contributed by atoms with Crippen LogP contribution >= 0.6 is 0 Å². The van der Waals surface area contributed by atoms with Gasteiger partial charge in [0, 0.05) is 25.2 Å². The number of rotatable bonds is 5. The number of carbonyl (C=O) groups excluding carboxylic acids is 4. The highest BCUT2D eigenvalue weighted by Gasteiger charge is 2.71. The van der Waals surface area contributed by atoms with E-state index in [2.05, 4.69) is 5.32 Å². The minimum atomic E-state index is -1.49. The van der Waals surface area contributed by atoms with Crippen LogP contribution in [0, 0.1) is 11.8 Å². The Morgan fingerprint density at radius 3 is 2.49 bits per heavy atom. The molecule has 11 heteroatoms. The average molecular weight is 616 g/mol. The molecule has 2 aromatic rings. The topological polar surface area (TPSA) is 135 Å². The van der Waals surface area contributed by atoms with Crippen molar-refractivity contribution in [2.24, 2.45) is 11.8 Å². The Bertz CT molecular complexity index is 1510. The van der Waals surface area contributed by atoms with Gasteiger partial charge >= 0.3 is 5.97 Å². The zero-order valence-electron chi connectivity index (χ0n) is 25.2. The summed E-state index contributed by atoms with van der Waals surface area (Å²) in [7, 11) is 1.56. The molecule has 3 amide bonds. The standard InChI is InChI=1S/C34H37N3O8/c1-21-29(22-9-4-3-5-10-22)44-33(42)27-25(11-6-7-12-26(39)35-21)45-34-17-8-18-36(23-13-15-24(43-2)16-14-23)32(41)30(34)37(19-20-38)31(40)28(27)34/h3-6,8-11,13-17,21,25,27-30,38H,7,12,18-20H2,1-2H3,(H,35,39)/b11-6-/t21-,25-,27+,28+,29+,30-,34+/m0/s1. The molecule has 11 nitrogen and oxygen atoms in total. The minimum absolute atomic E-state index is 0.112. The number of esters is 1. The molecule has 0 saturated carbocycles. The maximum Gasteiger partial charge on any atom is 0.313 e. The fraction of sp³-hybridized carbons (Fsp3) is 0.412. The number of anilines is 1. The second-order valence-corrected chi connectivity index (χ2v) is 11.7. The van der Waals surface area contributed by atoms with E-state index in [9.17, 15) is 24.3 Å². The van der Waals surface area contributed by atoms with Gasteiger partial charge in [0.25, 0.3) is 5.91 Å². The average Bonchev–Trinajstić information content (AvgIpc) is 3.42. The van der Waals surface area contributed by atoms with Crippen molar-refractivity contribution in [3.8, 4) is 5.75 Å². The van der Waals surface area contributed by atoms with E-state index in [1.807, 2.05) is 30.3 Å². The highest BCUT2D eigenvalue weighted by molar-refractivity contribution is 6.05. The molecule has 2 saturated heterocycles. The Hall–Kier alpha value is -4.48. The first-order valence-electron chi connectivity index (χ1n) is 15.2. The molecule has 2 aromatic carbocycles. The highest BCUT2D eigenvalue weighted by Crippen LogP contribution is 2.53. The van der Waals surface area contributed by atoms with Crippen molar-refractivity contribution in [3.05, 3.63) is 84.5 Å². The van der Waals surface area contributed by atoms with Crippen molar-refractivity contribution in [2.45, 2.75) is 49.7 Å². The van der Waals surface area contributed by atoms with Gasteiger partial charge < -0.3 is 34.4 Å². The summed E-state index contributed by atoms with van der Waals surface area (Å²) < 4.78 is 18.1. The number of hydrogen-bond acceptors (Lipinski definition) is 8. The van der Waals surface area contributed by atoms with Gasteiger partial charge in [-0.15, -0.1) is 0 Å². The Kier molecular flexibility index (Phi) is 8.48. The van der Waals surface area contributed by atoms with E-state index in [4.69, 9.17) is 14.2 Å². The van der Waals surface area contributed by atoms with Crippen molar-refractivity contribution in [3.63, 3.8) is 0 Å². The molecule has 1 spiro atoms. The minimum Gasteiger partial charge on any atom is -0.497 e. The lowest BCUT2D eigenvalue weighted by Crippen LogP contribution is -2.55. The number of cyclic esters (lactones) is 1. The highest BCUT2D eigenvalue weighted by atomic mass is 16.6. The molecule has 4 aliphatic rings. The third kappa shape index (κ3) is 5.40. The summed E-state index contributed by atoms with van der Waals surface area (Å²) >= 11 is 0. The van der Waals surface area contributed by atoms with Crippen molar-refractivity contribution in [1.82, 2.24) is 10.2 Å². The number of ether oxygens (including phenoxy) is 3. The van der Waals surface area contributed by atoms with E-state index in [0.29, 0.717) is 23.4 Å². The van der Waals surface area contributed by atoms with E-state index in [0.717, 1.165) is 0 Å². The number of carbonyl (C=O) groups is 4. The Morgan fingerprint density at radius 2 is 1.78 bits per heavy atom. The Labute approximate surface area is 261 Å². The summed E-state index contributed by atoms with van der Waals surface area (Å²) in [4.78, 5) is 58.5. The second kappa shape index (κ2) is 12.5. The predicted molar refractivity (Wildman–Crippen MR) is 163 cm³/mol. The smallest absolute Gasteiger partial charge is 0.313 e. The van der Waals surface area contributed by atoms with Gasteiger partial charge in [-0.1, -0.05) is 54.6 Å². The van der Waals surface area contributed by atoms with Crippen LogP contribution in [-0.2, 0) is 28.7 Å². The zero-order valence-corrected chi connectivity index (χ0v) is 25.2. The number of likely N-dealkylation sites (tertiary alicyclic amines) is 1. The summed E-state index contributed by atoms with van der Waals surface area (Å²) in [6.45, 7) is 1.49. The third-order valence-electron chi connectivity index (χ3n) is 9.07. The molecule has 0 aromatic heterocycles. The van der Waals surface area contributed by atoms with Crippen LogP contribution in [0.1, 0.15) is 31.4 Å². The SMILES string of the molecule is COc1ccc(N2CC=C[C@@]34O[C@H]5/C=C\CCC(=O)N[C@@H](C)[C@H](c6ccccc6)OC(=O)[C@H]5[C@@H]3C(=O)N(CCO)[C@H]4C2=O)cc1. The number of hydrogen-bond donors (Lipinski definition) is 2. The molecule has 0 bridgehead atoms. The zero-order chi connectivity index (χ0) is 31.7. The summed E-state index contributed by atoms with van der Waals surface area (Å²) in [6, 6.07) is 14.4. The molecule has 4 heterocycles. The van der Waals surface area contributed by atoms with Crippen molar-refractivity contribution < 1.29 is 38.5 Å². The molecule has 2 fully saturated rings. The van der Waals surface area contributed by atoms with Gasteiger partial charge in [-0.05, 0) is 43.2 Å². The molecule has 6 rings (SSSR count). The molecular formula is C34H37N3O8. The lowest BCUT2D eigenvalue weighted by atomic mass is 9.77. The number of nitrogens with zero attached hydrogens (tertiary/aromatic N) is 2. The van der Waals surface area contributed by atoms with Gasteiger partial charge in [0.05, 0.1) is 31.8 Å². The number of aliphatic hydroxyl groups excluding tert-OH is 1. The molecule has 236 valence electrons. The van der Waals surface area contributed by atoms with Crippen LogP contribution in [0.15, 0.2) is 78.9 Å². The van der Waals surface area contributed by atoms with Crippen LogP contribution in [0.3, 0.4) is 0 Å². The first-order valence-corrected chi connectivity index (χ1v) is 15.2. The van der Waals surface area contributed by atoms with Gasteiger partial charge in [-0.3, -0.25) is 19.2 Å². The number of aliphatic hydroxyl groups is 1. The molecular weight excluding hydrogens is 578 g/mol. The predicted octanol–water partition coefficient (Wildman–Crippen LogP) is 2.31. The van der Waals surface area contributed by atoms with E-state index in [1.54, 1.807) is 67.5 Å². The third-order valence-corrected chi connectivity index (χ3v) is 9.07. The normalized spacial score (nSPS) is 32.3. The first kappa shape index (κ1) is 30.5. The Morgan fingerprint density at radius 1 is 1.02 bits per heavy atom. The van der Waals surface area contributed by atoms with Gasteiger partial charge in [-0.25, -0.2) is 0 Å². The van der Waals surface area contributed by atoms with Crippen LogP contribution < -0.4 is 15.0 Å². The van der Waals surface area contributed by atoms with Crippen molar-refractivity contribution >= 4 is 29.4 Å². The van der Waals surface area contributed by atoms with Gasteiger partial charge in [0.2, 0.25) is 11.8 Å². The fourth-order valence-electron chi connectivity index (χ4n) is 7.05. The first-order chi connectivity index (χ1) is 21.8. The quantitative estimate of drug-likeness (QED) is 0.387. The molecule has 0 unspecified atom stereocenters. The maximum absolute atomic E-state index is 14.4. The molecule has 2 N–H and O–H groups in total. The molecule has 45 heavy (non-hydrogen) atoms. The monoisotopic (exact) mass is 615 g/mol. The summed E-state index contributed by atoms with van der Waals surface area (Å²) in [6.07, 6.45) is 5.84. The number of β-amino-alcohol motifs (C(OH)–C–C–N with tert-alkyl or cyclic N) is 1. The van der Waals surface area contributed by atoms with E-state index >= 15 is 0 Å². The van der Waals surface area contributed by atoms with Crippen LogP contribution in [0.2, 0.25) is 0 Å². The number of amides is 3. The van der Waals surface area contributed by atoms with Crippen molar-refractivity contribution in [2.75, 3.05) is 31.7 Å². The molecule has 4 aliphatic heterocycles. The number of methoxy groups -OCH3 is 1. The summed E-state index contributed by atoms with van der Waals surface area (Å²) in [5, 5.41) is 12.9. The number of allylic oxidation sites excluding steroid dienone is 1. The Balaban J connectivity index is 1.42. The largest absolute Gasteiger partial charge is 0.497 e. The van der Waals surface area contributed by atoms with Crippen LogP contribution in [0.25, 0.3) is 0 Å². The van der Waals surface area contributed by atoms with E-state index in [-0.39, 0.29) is 32.0 Å². The van der Waals surface area contributed by atoms with Crippen LogP contribution in [-0.4, -0.2) is 84.3 Å². The summed E-state index contributed by atoms with van der Waals surface area (Å²) in [5.41, 5.74) is -0.206. The molecule has 0 aliphatic carbocycles. The van der Waals surface area contributed by atoms with Gasteiger partial charge in [-0.2, -0.15) is 0 Å². The molecule has 0 radical (unpaired) electrons. The maximum atomic E-state index is 14.4. The summed E-state index contributed by atoms with van der Waals surface area (Å²) in [5.74, 6) is -3.26. The van der Waals surface area contributed by atoms with Gasteiger partial charge in [0.1, 0.15) is 29.4 Å².